The van der Waals surface area contributed by atoms with Gasteiger partial charge in [-0.1, -0.05) is 45.2 Å². The number of carbonyl (C=O) groups excluding carboxylic acids is 1. The molecule has 2 rings (SSSR count). The van der Waals surface area contributed by atoms with Gasteiger partial charge in [0, 0.05) is 13.1 Å². The topological polar surface area (TPSA) is 92.5 Å². The Bertz CT molecular complexity index is 706. The van der Waals surface area contributed by atoms with E-state index in [1.54, 1.807) is 24.3 Å². The van der Waals surface area contributed by atoms with Crippen molar-refractivity contribution in [1.82, 2.24) is 9.62 Å². The minimum Gasteiger partial charge on any atom is -0.348 e. The fraction of sp³-hybridized carbons (Fsp3) is 0.632. The highest BCUT2D eigenvalue weighted by atomic mass is 32.2. The van der Waals surface area contributed by atoms with Crippen molar-refractivity contribution in [1.29, 1.82) is 0 Å². The van der Waals surface area contributed by atoms with Crippen LogP contribution in [0.4, 0.5) is 0 Å². The van der Waals surface area contributed by atoms with E-state index in [1.807, 2.05) is 20.8 Å². The van der Waals surface area contributed by atoms with E-state index < -0.39 is 15.6 Å². The lowest BCUT2D eigenvalue weighted by atomic mass is 9.81. The van der Waals surface area contributed by atoms with Gasteiger partial charge in [0.2, 0.25) is 15.9 Å². The lowest BCUT2D eigenvalue weighted by Crippen LogP contribution is -2.55. The van der Waals surface area contributed by atoms with Crippen LogP contribution in [-0.4, -0.2) is 37.3 Å². The molecule has 0 bridgehead atoms. The van der Waals surface area contributed by atoms with Crippen molar-refractivity contribution >= 4 is 15.9 Å². The molecule has 1 aromatic rings. The van der Waals surface area contributed by atoms with Gasteiger partial charge in [0.05, 0.1) is 16.5 Å². The molecule has 0 heterocycles. The molecule has 1 aromatic carbocycles. The molecule has 3 N–H and O–H groups in total. The largest absolute Gasteiger partial charge is 0.348 e. The normalized spacial score (nSPS) is 18.5. The van der Waals surface area contributed by atoms with Crippen LogP contribution in [0.2, 0.25) is 0 Å². The number of sulfonamides is 1. The van der Waals surface area contributed by atoms with E-state index in [9.17, 15) is 13.2 Å². The minimum absolute atomic E-state index is 0.121. The number of hydrogen-bond donors (Lipinski definition) is 2. The molecule has 1 aliphatic rings. The number of carbonyl (C=O) groups is 1. The zero-order valence-corrected chi connectivity index (χ0v) is 16.8. The highest BCUT2D eigenvalue weighted by molar-refractivity contribution is 7.89. The summed E-state index contributed by atoms with van der Waals surface area (Å²) in [6.07, 6.45) is 4.52. The van der Waals surface area contributed by atoms with E-state index in [2.05, 4.69) is 5.32 Å². The zero-order chi connectivity index (χ0) is 19.4. The molecule has 1 fully saturated rings. The first-order chi connectivity index (χ1) is 12.2. The molecule has 1 saturated carbocycles. The molecule has 1 aliphatic carbocycles. The predicted octanol–water partition coefficient (Wildman–Crippen LogP) is 2.56. The Hall–Kier alpha value is -1.44. The van der Waals surface area contributed by atoms with Crippen molar-refractivity contribution in [2.45, 2.75) is 69.4 Å². The van der Waals surface area contributed by atoms with Gasteiger partial charge in [-0.15, -0.1) is 0 Å². The second-order valence-electron chi connectivity index (χ2n) is 7.07. The quantitative estimate of drug-likeness (QED) is 0.759. The minimum atomic E-state index is -3.47. The SMILES string of the molecule is CCN(CC)S(=O)(=O)c1ccc(C(C)NC(=O)C2(N)CCCCC2)cc1. The summed E-state index contributed by atoms with van der Waals surface area (Å²) in [5.74, 6) is -0.121. The Morgan fingerprint density at radius 3 is 2.19 bits per heavy atom. The van der Waals surface area contributed by atoms with E-state index in [0.717, 1.165) is 24.8 Å². The van der Waals surface area contributed by atoms with Gasteiger partial charge >= 0.3 is 0 Å². The molecule has 6 nitrogen and oxygen atoms in total. The molecule has 146 valence electrons. The van der Waals surface area contributed by atoms with Crippen LogP contribution in [0.1, 0.15) is 64.5 Å². The molecule has 0 saturated heterocycles. The maximum Gasteiger partial charge on any atom is 0.243 e. The molecule has 0 aliphatic heterocycles. The standard InChI is InChI=1S/C19H31N3O3S/c1-4-22(5-2)26(24,25)17-11-9-16(10-12-17)15(3)21-18(23)19(20)13-7-6-8-14-19/h9-12,15H,4-8,13-14,20H2,1-3H3,(H,21,23). The Morgan fingerprint density at radius 1 is 1.15 bits per heavy atom. The summed E-state index contributed by atoms with van der Waals surface area (Å²) in [5, 5.41) is 2.99. The number of hydrogen-bond acceptors (Lipinski definition) is 4. The Balaban J connectivity index is 2.09. The predicted molar refractivity (Wildman–Crippen MR) is 103 cm³/mol. The third-order valence-electron chi connectivity index (χ3n) is 5.27. The summed E-state index contributed by atoms with van der Waals surface area (Å²) >= 11 is 0. The van der Waals surface area contributed by atoms with Gasteiger partial charge in [0.25, 0.3) is 0 Å². The number of amides is 1. The van der Waals surface area contributed by atoms with Gasteiger partial charge in [-0.3, -0.25) is 4.79 Å². The Kier molecular flexibility index (Phi) is 6.82. The molecule has 1 unspecified atom stereocenters. The Labute approximate surface area is 157 Å². The van der Waals surface area contributed by atoms with E-state index in [-0.39, 0.29) is 16.8 Å². The molecular formula is C19H31N3O3S. The van der Waals surface area contributed by atoms with Crippen molar-refractivity contribution in [3.63, 3.8) is 0 Å². The summed E-state index contributed by atoms with van der Waals surface area (Å²) in [5.41, 5.74) is 6.36. The van der Waals surface area contributed by atoms with Gasteiger partial charge in [-0.2, -0.15) is 4.31 Å². The number of nitrogens with one attached hydrogen (secondary N) is 1. The summed E-state index contributed by atoms with van der Waals surface area (Å²) < 4.78 is 26.5. The molecule has 7 heteroatoms. The maximum atomic E-state index is 12.6. The molecule has 26 heavy (non-hydrogen) atoms. The molecule has 0 spiro atoms. The third-order valence-corrected chi connectivity index (χ3v) is 7.33. The maximum absolute atomic E-state index is 12.6. The van der Waals surface area contributed by atoms with E-state index in [4.69, 9.17) is 5.73 Å². The monoisotopic (exact) mass is 381 g/mol. The molecule has 0 aromatic heterocycles. The first kappa shape index (κ1) is 20.9. The average molecular weight is 382 g/mol. The van der Waals surface area contributed by atoms with Crippen LogP contribution in [0.25, 0.3) is 0 Å². The number of nitrogens with two attached hydrogens (primary N) is 1. The zero-order valence-electron chi connectivity index (χ0n) is 16.0. The summed E-state index contributed by atoms with van der Waals surface area (Å²) in [6, 6.07) is 6.49. The third kappa shape index (κ3) is 4.45. The molecule has 1 amide bonds. The molecule has 0 radical (unpaired) electrons. The number of benzene rings is 1. The second kappa shape index (κ2) is 8.50. The van der Waals surface area contributed by atoms with Gasteiger partial charge in [0.1, 0.15) is 0 Å². The first-order valence-corrected chi connectivity index (χ1v) is 10.9. The number of nitrogens with zero attached hydrogens (tertiary/aromatic N) is 1. The highest BCUT2D eigenvalue weighted by Gasteiger charge is 2.35. The van der Waals surface area contributed by atoms with Crippen LogP contribution in [0, 0.1) is 0 Å². The van der Waals surface area contributed by atoms with E-state index in [1.165, 1.54) is 4.31 Å². The van der Waals surface area contributed by atoms with Crippen molar-refractivity contribution < 1.29 is 13.2 Å². The second-order valence-corrected chi connectivity index (χ2v) is 9.01. The van der Waals surface area contributed by atoms with Gasteiger partial charge in [0.15, 0.2) is 0 Å². The van der Waals surface area contributed by atoms with Crippen LogP contribution in [0.5, 0.6) is 0 Å². The van der Waals surface area contributed by atoms with Gasteiger partial charge in [-0.05, 0) is 37.5 Å². The van der Waals surface area contributed by atoms with Crippen LogP contribution in [0.3, 0.4) is 0 Å². The van der Waals surface area contributed by atoms with E-state index >= 15 is 0 Å². The van der Waals surface area contributed by atoms with Crippen molar-refractivity contribution in [2.24, 2.45) is 5.73 Å². The van der Waals surface area contributed by atoms with E-state index in [0.29, 0.717) is 25.9 Å². The summed E-state index contributed by atoms with van der Waals surface area (Å²) in [6.45, 7) is 6.40. The smallest absolute Gasteiger partial charge is 0.243 e. The molecule has 1 atom stereocenters. The van der Waals surface area contributed by atoms with Gasteiger partial charge in [-0.25, -0.2) is 8.42 Å². The first-order valence-electron chi connectivity index (χ1n) is 9.44. The lowest BCUT2D eigenvalue weighted by molar-refractivity contribution is -0.128. The van der Waals surface area contributed by atoms with Crippen molar-refractivity contribution in [3.8, 4) is 0 Å². The average Bonchev–Trinajstić information content (AvgIpc) is 2.63. The fourth-order valence-electron chi connectivity index (χ4n) is 3.47. The van der Waals surface area contributed by atoms with Gasteiger partial charge < -0.3 is 11.1 Å². The van der Waals surface area contributed by atoms with Crippen molar-refractivity contribution in [2.75, 3.05) is 13.1 Å². The summed E-state index contributed by atoms with van der Waals surface area (Å²) in [7, 11) is -3.47. The van der Waals surface area contributed by atoms with Crippen LogP contribution >= 0.6 is 0 Å². The Morgan fingerprint density at radius 2 is 1.69 bits per heavy atom. The van der Waals surface area contributed by atoms with Crippen LogP contribution < -0.4 is 11.1 Å². The van der Waals surface area contributed by atoms with Crippen LogP contribution in [0.15, 0.2) is 29.2 Å². The van der Waals surface area contributed by atoms with Crippen LogP contribution in [-0.2, 0) is 14.8 Å². The highest BCUT2D eigenvalue weighted by Crippen LogP contribution is 2.27. The van der Waals surface area contributed by atoms with Crippen molar-refractivity contribution in [3.05, 3.63) is 29.8 Å². The number of rotatable bonds is 7. The summed E-state index contributed by atoms with van der Waals surface area (Å²) in [4.78, 5) is 12.8. The molecular weight excluding hydrogens is 350 g/mol. The fourth-order valence-corrected chi connectivity index (χ4v) is 4.93. The lowest BCUT2D eigenvalue weighted by Gasteiger charge is -2.33.